The van der Waals surface area contributed by atoms with Crippen LogP contribution in [-0.4, -0.2) is 9.36 Å². The second-order valence-corrected chi connectivity index (χ2v) is 6.60. The minimum atomic E-state index is 0.0225. The van der Waals surface area contributed by atoms with Crippen molar-refractivity contribution < 1.29 is 0 Å². The Morgan fingerprint density at radius 1 is 1.29 bits per heavy atom. The molecule has 92 valence electrons. The van der Waals surface area contributed by atoms with Crippen molar-refractivity contribution in [1.29, 1.82) is 0 Å². The van der Waals surface area contributed by atoms with Gasteiger partial charge in [-0.05, 0) is 28.8 Å². The van der Waals surface area contributed by atoms with Crippen LogP contribution in [-0.2, 0) is 12.0 Å². The number of rotatable bonds is 3. The van der Waals surface area contributed by atoms with Gasteiger partial charge in [0.05, 0.1) is 0 Å². The van der Waals surface area contributed by atoms with Crippen LogP contribution in [0.5, 0.6) is 0 Å². The zero-order chi connectivity index (χ0) is 12.5. The standard InChI is InChI=1S/C12H17N3S2/c1-8-6-16-7-9(8)5-13-11-14-10(15-17-11)12(2,3)4/h6-7H,5H2,1-4H3,(H,13,14,15). The molecule has 0 aliphatic heterocycles. The summed E-state index contributed by atoms with van der Waals surface area (Å²) in [6, 6.07) is 0. The molecule has 2 heterocycles. The predicted molar refractivity (Wildman–Crippen MR) is 75.0 cm³/mol. The van der Waals surface area contributed by atoms with Crippen molar-refractivity contribution in [3.8, 4) is 0 Å². The molecule has 1 N–H and O–H groups in total. The zero-order valence-electron chi connectivity index (χ0n) is 10.6. The molecule has 0 fully saturated rings. The third kappa shape index (κ3) is 3.04. The average molecular weight is 267 g/mol. The summed E-state index contributed by atoms with van der Waals surface area (Å²) in [5, 5.41) is 8.57. The van der Waals surface area contributed by atoms with E-state index in [4.69, 9.17) is 0 Å². The Morgan fingerprint density at radius 3 is 2.59 bits per heavy atom. The highest BCUT2D eigenvalue weighted by atomic mass is 32.1. The highest BCUT2D eigenvalue weighted by Crippen LogP contribution is 2.23. The van der Waals surface area contributed by atoms with Crippen molar-refractivity contribution >= 4 is 28.0 Å². The number of thiophene rings is 1. The van der Waals surface area contributed by atoms with E-state index in [1.54, 1.807) is 11.3 Å². The van der Waals surface area contributed by atoms with Gasteiger partial charge in [0.2, 0.25) is 5.13 Å². The number of aryl methyl sites for hydroxylation is 1. The maximum absolute atomic E-state index is 4.51. The van der Waals surface area contributed by atoms with E-state index < -0.39 is 0 Å². The molecule has 0 saturated heterocycles. The molecule has 0 aromatic carbocycles. The van der Waals surface area contributed by atoms with E-state index in [-0.39, 0.29) is 5.41 Å². The summed E-state index contributed by atoms with van der Waals surface area (Å²) in [4.78, 5) is 4.51. The van der Waals surface area contributed by atoms with E-state index >= 15 is 0 Å². The molecule has 0 amide bonds. The molecule has 0 radical (unpaired) electrons. The maximum atomic E-state index is 4.51. The van der Waals surface area contributed by atoms with Gasteiger partial charge in [-0.3, -0.25) is 0 Å². The lowest BCUT2D eigenvalue weighted by molar-refractivity contribution is 0.555. The maximum Gasteiger partial charge on any atom is 0.202 e. The second kappa shape index (κ2) is 4.74. The Balaban J connectivity index is 2.01. The minimum Gasteiger partial charge on any atom is -0.356 e. The first-order chi connectivity index (χ1) is 7.97. The largest absolute Gasteiger partial charge is 0.356 e. The lowest BCUT2D eigenvalue weighted by Gasteiger charge is -2.12. The van der Waals surface area contributed by atoms with Crippen molar-refractivity contribution in [2.75, 3.05) is 5.32 Å². The van der Waals surface area contributed by atoms with Crippen LogP contribution in [0.25, 0.3) is 0 Å². The van der Waals surface area contributed by atoms with Crippen LogP contribution in [0, 0.1) is 6.92 Å². The Kier molecular flexibility index (Phi) is 3.49. The van der Waals surface area contributed by atoms with Crippen LogP contribution >= 0.6 is 22.9 Å². The first-order valence-electron chi connectivity index (χ1n) is 5.56. The molecule has 3 nitrogen and oxygen atoms in total. The highest BCUT2D eigenvalue weighted by Gasteiger charge is 2.19. The Hall–Kier alpha value is -0.940. The summed E-state index contributed by atoms with van der Waals surface area (Å²) in [5.74, 6) is 0.909. The van der Waals surface area contributed by atoms with Gasteiger partial charge in [-0.1, -0.05) is 20.8 Å². The van der Waals surface area contributed by atoms with Crippen LogP contribution in [0.4, 0.5) is 5.13 Å². The fourth-order valence-electron chi connectivity index (χ4n) is 1.34. The molecule has 2 aromatic heterocycles. The molecule has 2 aromatic rings. The van der Waals surface area contributed by atoms with Gasteiger partial charge in [0.1, 0.15) is 5.82 Å². The number of anilines is 1. The van der Waals surface area contributed by atoms with Crippen molar-refractivity contribution in [2.45, 2.75) is 39.7 Å². The van der Waals surface area contributed by atoms with Gasteiger partial charge in [-0.15, -0.1) is 0 Å². The molecule has 0 aliphatic carbocycles. The summed E-state index contributed by atoms with van der Waals surface area (Å²) in [7, 11) is 0. The number of aromatic nitrogens is 2. The topological polar surface area (TPSA) is 37.8 Å². The van der Waals surface area contributed by atoms with Gasteiger partial charge >= 0.3 is 0 Å². The molecule has 5 heteroatoms. The normalized spacial score (nSPS) is 11.8. The van der Waals surface area contributed by atoms with Crippen molar-refractivity contribution in [2.24, 2.45) is 0 Å². The van der Waals surface area contributed by atoms with Crippen LogP contribution < -0.4 is 5.32 Å². The highest BCUT2D eigenvalue weighted by molar-refractivity contribution is 7.09. The zero-order valence-corrected chi connectivity index (χ0v) is 12.2. The molecule has 2 rings (SSSR count). The van der Waals surface area contributed by atoms with E-state index in [9.17, 15) is 0 Å². The summed E-state index contributed by atoms with van der Waals surface area (Å²) < 4.78 is 4.38. The number of hydrogen-bond acceptors (Lipinski definition) is 5. The van der Waals surface area contributed by atoms with Gasteiger partial charge in [-0.2, -0.15) is 15.7 Å². The average Bonchev–Trinajstić information content (AvgIpc) is 2.82. The Bertz CT molecular complexity index is 494. The SMILES string of the molecule is Cc1cscc1CNc1nc(C(C)(C)C)ns1. The summed E-state index contributed by atoms with van der Waals surface area (Å²) in [5.41, 5.74) is 2.69. The van der Waals surface area contributed by atoms with Gasteiger partial charge in [0.15, 0.2) is 0 Å². The third-order valence-corrected chi connectivity index (χ3v) is 4.07. The van der Waals surface area contributed by atoms with E-state index in [2.05, 4.69) is 53.1 Å². The summed E-state index contributed by atoms with van der Waals surface area (Å²) in [6.07, 6.45) is 0. The van der Waals surface area contributed by atoms with Crippen LogP contribution in [0.2, 0.25) is 0 Å². The lowest BCUT2D eigenvalue weighted by atomic mass is 9.96. The van der Waals surface area contributed by atoms with Gasteiger partial charge in [-0.25, -0.2) is 4.98 Å². The molecule has 0 aliphatic rings. The van der Waals surface area contributed by atoms with E-state index in [1.807, 2.05) is 0 Å². The van der Waals surface area contributed by atoms with Crippen LogP contribution in [0.3, 0.4) is 0 Å². The molecule has 0 unspecified atom stereocenters. The predicted octanol–water partition coefficient (Wildman–Crippen LogP) is 3.82. The quantitative estimate of drug-likeness (QED) is 0.918. The monoisotopic (exact) mass is 267 g/mol. The Morgan fingerprint density at radius 2 is 2.06 bits per heavy atom. The van der Waals surface area contributed by atoms with Crippen LogP contribution in [0.15, 0.2) is 10.8 Å². The first kappa shape index (κ1) is 12.5. The molecule has 0 atom stereocenters. The third-order valence-electron chi connectivity index (χ3n) is 2.49. The van der Waals surface area contributed by atoms with Gasteiger partial charge < -0.3 is 5.32 Å². The molecule has 0 bridgehead atoms. The molecule has 17 heavy (non-hydrogen) atoms. The molecule has 0 spiro atoms. The molecular formula is C12H17N3S2. The second-order valence-electron chi connectivity index (χ2n) is 5.11. The van der Waals surface area contributed by atoms with Crippen molar-refractivity contribution in [3.05, 3.63) is 27.7 Å². The Labute approximate surface area is 110 Å². The smallest absolute Gasteiger partial charge is 0.202 e. The number of nitrogens with zero attached hydrogens (tertiary/aromatic N) is 2. The lowest BCUT2D eigenvalue weighted by Crippen LogP contribution is -2.13. The van der Waals surface area contributed by atoms with Gasteiger partial charge in [0, 0.05) is 23.5 Å². The summed E-state index contributed by atoms with van der Waals surface area (Å²) >= 11 is 3.17. The van der Waals surface area contributed by atoms with E-state index in [0.29, 0.717) is 0 Å². The van der Waals surface area contributed by atoms with Crippen LogP contribution in [0.1, 0.15) is 37.7 Å². The van der Waals surface area contributed by atoms with E-state index in [1.165, 1.54) is 22.7 Å². The van der Waals surface area contributed by atoms with Gasteiger partial charge in [0.25, 0.3) is 0 Å². The molecule has 0 saturated carbocycles. The molecular weight excluding hydrogens is 250 g/mol. The van der Waals surface area contributed by atoms with E-state index in [0.717, 1.165) is 17.5 Å². The first-order valence-corrected chi connectivity index (χ1v) is 7.28. The number of hydrogen-bond donors (Lipinski definition) is 1. The fraction of sp³-hybridized carbons (Fsp3) is 0.500. The number of nitrogens with one attached hydrogen (secondary N) is 1. The van der Waals surface area contributed by atoms with Crippen molar-refractivity contribution in [3.63, 3.8) is 0 Å². The van der Waals surface area contributed by atoms with Crippen molar-refractivity contribution in [1.82, 2.24) is 9.36 Å². The minimum absolute atomic E-state index is 0.0225. The fourth-order valence-corrected chi connectivity index (χ4v) is 2.95. The summed E-state index contributed by atoms with van der Waals surface area (Å²) in [6.45, 7) is 9.34.